The molecule has 0 saturated carbocycles. The van der Waals surface area contributed by atoms with Crippen LogP contribution < -0.4 is 5.32 Å². The smallest absolute Gasteiger partial charge is 0.122 e. The van der Waals surface area contributed by atoms with Crippen LogP contribution >= 0.6 is 12.2 Å². The molecule has 0 spiro atoms. The van der Waals surface area contributed by atoms with Crippen molar-refractivity contribution < 1.29 is 5.11 Å². The molecule has 0 aliphatic rings. The molecule has 0 bridgehead atoms. The standard InChI is InChI=1S/C9H11NOS/c1-7(11)10-9(12)8-5-3-2-4-6-8/h2-7,11H,1H3,(H,10,12). The van der Waals surface area contributed by atoms with E-state index in [9.17, 15) is 0 Å². The average Bonchev–Trinajstić information content (AvgIpc) is 2.05. The maximum Gasteiger partial charge on any atom is 0.122 e. The van der Waals surface area contributed by atoms with Crippen molar-refractivity contribution in [2.45, 2.75) is 13.2 Å². The van der Waals surface area contributed by atoms with Gasteiger partial charge in [0, 0.05) is 5.56 Å². The molecule has 1 aromatic rings. The lowest BCUT2D eigenvalue weighted by atomic mass is 10.2. The van der Waals surface area contributed by atoms with E-state index in [-0.39, 0.29) is 0 Å². The average molecular weight is 181 g/mol. The van der Waals surface area contributed by atoms with Gasteiger partial charge in [0.1, 0.15) is 11.2 Å². The van der Waals surface area contributed by atoms with Crippen LogP contribution in [0.4, 0.5) is 0 Å². The number of rotatable bonds is 2. The number of benzene rings is 1. The normalized spacial score (nSPS) is 12.2. The van der Waals surface area contributed by atoms with E-state index in [2.05, 4.69) is 5.32 Å². The minimum absolute atomic E-state index is 0.575. The Balaban J connectivity index is 2.66. The van der Waals surface area contributed by atoms with E-state index in [4.69, 9.17) is 17.3 Å². The summed E-state index contributed by atoms with van der Waals surface area (Å²) in [5.74, 6) is 0. The Morgan fingerprint density at radius 3 is 2.50 bits per heavy atom. The monoisotopic (exact) mass is 181 g/mol. The molecule has 1 rings (SSSR count). The highest BCUT2D eigenvalue weighted by Crippen LogP contribution is 1.99. The first-order valence-electron chi connectivity index (χ1n) is 3.74. The van der Waals surface area contributed by atoms with Gasteiger partial charge in [-0.3, -0.25) is 0 Å². The molecular weight excluding hydrogens is 170 g/mol. The number of aliphatic hydroxyl groups excluding tert-OH is 1. The zero-order chi connectivity index (χ0) is 8.97. The molecule has 64 valence electrons. The minimum Gasteiger partial charge on any atom is -0.374 e. The van der Waals surface area contributed by atoms with E-state index in [1.807, 2.05) is 30.3 Å². The van der Waals surface area contributed by atoms with Gasteiger partial charge in [-0.05, 0) is 6.92 Å². The van der Waals surface area contributed by atoms with Crippen LogP contribution in [0.5, 0.6) is 0 Å². The van der Waals surface area contributed by atoms with Crippen molar-refractivity contribution in [3.63, 3.8) is 0 Å². The fraction of sp³-hybridized carbons (Fsp3) is 0.222. The van der Waals surface area contributed by atoms with E-state index < -0.39 is 6.23 Å². The zero-order valence-electron chi connectivity index (χ0n) is 6.82. The summed E-state index contributed by atoms with van der Waals surface area (Å²) in [5.41, 5.74) is 0.924. The second-order valence-corrected chi connectivity index (χ2v) is 2.92. The van der Waals surface area contributed by atoms with Gasteiger partial charge in [-0.1, -0.05) is 42.5 Å². The Kier molecular flexibility index (Phi) is 3.19. The lowest BCUT2D eigenvalue weighted by molar-refractivity contribution is 0.181. The fourth-order valence-electron chi connectivity index (χ4n) is 0.863. The SMILES string of the molecule is CC(O)NC(=S)c1ccccc1. The fourth-order valence-corrected chi connectivity index (χ4v) is 1.17. The Morgan fingerprint density at radius 2 is 2.00 bits per heavy atom. The highest BCUT2D eigenvalue weighted by atomic mass is 32.1. The Labute approximate surface area is 77.2 Å². The molecule has 0 saturated heterocycles. The summed E-state index contributed by atoms with van der Waals surface area (Å²) in [6.07, 6.45) is -0.599. The second kappa shape index (κ2) is 4.18. The minimum atomic E-state index is -0.599. The van der Waals surface area contributed by atoms with Crippen LogP contribution in [-0.2, 0) is 0 Å². The summed E-state index contributed by atoms with van der Waals surface area (Å²) >= 11 is 5.03. The van der Waals surface area contributed by atoms with Crippen molar-refractivity contribution in [2.75, 3.05) is 0 Å². The molecule has 12 heavy (non-hydrogen) atoms. The van der Waals surface area contributed by atoms with Crippen LogP contribution in [0.1, 0.15) is 12.5 Å². The van der Waals surface area contributed by atoms with E-state index in [0.717, 1.165) is 5.56 Å². The first-order valence-corrected chi connectivity index (χ1v) is 4.15. The third-order valence-electron chi connectivity index (χ3n) is 1.38. The predicted octanol–water partition coefficient (Wildman–Crippen LogP) is 1.29. The molecule has 0 aliphatic carbocycles. The van der Waals surface area contributed by atoms with Gasteiger partial charge in [-0.2, -0.15) is 0 Å². The van der Waals surface area contributed by atoms with Crippen LogP contribution in [-0.4, -0.2) is 16.3 Å². The van der Waals surface area contributed by atoms with Crippen LogP contribution in [0, 0.1) is 0 Å². The summed E-state index contributed by atoms with van der Waals surface area (Å²) in [6.45, 7) is 1.63. The number of thiocarbonyl (C=S) groups is 1. The van der Waals surface area contributed by atoms with Gasteiger partial charge in [0.25, 0.3) is 0 Å². The van der Waals surface area contributed by atoms with Gasteiger partial charge in [0.05, 0.1) is 0 Å². The maximum absolute atomic E-state index is 8.99. The van der Waals surface area contributed by atoms with E-state index in [0.29, 0.717) is 4.99 Å². The van der Waals surface area contributed by atoms with Gasteiger partial charge in [-0.15, -0.1) is 0 Å². The van der Waals surface area contributed by atoms with Gasteiger partial charge < -0.3 is 10.4 Å². The van der Waals surface area contributed by atoms with Crippen molar-refractivity contribution in [3.05, 3.63) is 35.9 Å². The molecule has 2 N–H and O–H groups in total. The lowest BCUT2D eigenvalue weighted by Crippen LogP contribution is -2.31. The zero-order valence-corrected chi connectivity index (χ0v) is 7.64. The predicted molar refractivity (Wildman–Crippen MR) is 53.0 cm³/mol. The molecule has 1 unspecified atom stereocenters. The van der Waals surface area contributed by atoms with Crippen molar-refractivity contribution in [3.8, 4) is 0 Å². The largest absolute Gasteiger partial charge is 0.374 e. The third-order valence-corrected chi connectivity index (χ3v) is 1.73. The summed E-state index contributed by atoms with van der Waals surface area (Å²) in [6, 6.07) is 9.54. The third kappa shape index (κ3) is 2.60. The number of nitrogens with one attached hydrogen (secondary N) is 1. The summed E-state index contributed by atoms with van der Waals surface area (Å²) in [5, 5.41) is 11.7. The quantitative estimate of drug-likeness (QED) is 0.532. The number of hydrogen-bond donors (Lipinski definition) is 2. The molecule has 2 nitrogen and oxygen atoms in total. The summed E-state index contributed by atoms with van der Waals surface area (Å²) < 4.78 is 0. The van der Waals surface area contributed by atoms with Crippen molar-refractivity contribution in [1.29, 1.82) is 0 Å². The summed E-state index contributed by atoms with van der Waals surface area (Å²) in [7, 11) is 0. The van der Waals surface area contributed by atoms with Crippen molar-refractivity contribution >= 4 is 17.2 Å². The van der Waals surface area contributed by atoms with Crippen LogP contribution in [0.2, 0.25) is 0 Å². The van der Waals surface area contributed by atoms with E-state index in [1.54, 1.807) is 6.92 Å². The first kappa shape index (κ1) is 9.16. The molecular formula is C9H11NOS. The first-order chi connectivity index (χ1) is 5.70. The summed E-state index contributed by atoms with van der Waals surface area (Å²) in [4.78, 5) is 0.575. The Morgan fingerprint density at radius 1 is 1.42 bits per heavy atom. The highest BCUT2D eigenvalue weighted by molar-refractivity contribution is 7.80. The van der Waals surface area contributed by atoms with Crippen LogP contribution in [0.3, 0.4) is 0 Å². The molecule has 3 heteroatoms. The maximum atomic E-state index is 8.99. The molecule has 0 aliphatic heterocycles. The highest BCUT2D eigenvalue weighted by Gasteiger charge is 2.00. The Bertz CT molecular complexity index is 258. The van der Waals surface area contributed by atoms with Gasteiger partial charge in [0.2, 0.25) is 0 Å². The molecule has 0 fully saturated rings. The van der Waals surface area contributed by atoms with Gasteiger partial charge in [-0.25, -0.2) is 0 Å². The number of aliphatic hydroxyl groups is 1. The molecule has 0 radical (unpaired) electrons. The van der Waals surface area contributed by atoms with Crippen LogP contribution in [0.25, 0.3) is 0 Å². The van der Waals surface area contributed by atoms with Gasteiger partial charge >= 0.3 is 0 Å². The van der Waals surface area contributed by atoms with E-state index >= 15 is 0 Å². The molecule has 1 aromatic carbocycles. The Hall–Kier alpha value is -0.930. The molecule has 0 aromatic heterocycles. The topological polar surface area (TPSA) is 32.3 Å². The molecule has 0 amide bonds. The molecule has 0 heterocycles. The second-order valence-electron chi connectivity index (χ2n) is 2.52. The van der Waals surface area contributed by atoms with Gasteiger partial charge in [0.15, 0.2) is 0 Å². The lowest BCUT2D eigenvalue weighted by Gasteiger charge is -2.09. The van der Waals surface area contributed by atoms with Crippen LogP contribution in [0.15, 0.2) is 30.3 Å². The molecule has 1 atom stereocenters. The van der Waals surface area contributed by atoms with Crippen molar-refractivity contribution in [2.24, 2.45) is 0 Å². The van der Waals surface area contributed by atoms with Crippen molar-refractivity contribution in [1.82, 2.24) is 5.32 Å². The number of hydrogen-bond acceptors (Lipinski definition) is 2. The van der Waals surface area contributed by atoms with E-state index in [1.165, 1.54) is 0 Å².